The first-order chi connectivity index (χ1) is 40.0. The largest absolute Gasteiger partial charge is 0.506 e. The van der Waals surface area contributed by atoms with E-state index >= 15 is 0 Å². The van der Waals surface area contributed by atoms with Crippen molar-refractivity contribution in [2.24, 2.45) is 0 Å². The van der Waals surface area contributed by atoms with Gasteiger partial charge in [-0.2, -0.15) is 34.4 Å². The Bertz CT molecular complexity index is 3500. The van der Waals surface area contributed by atoms with Crippen molar-refractivity contribution >= 4 is 52.8 Å². The zero-order valence-electron chi connectivity index (χ0n) is 45.6. The number of benzene rings is 6. The number of alkyl halides is 4. The Morgan fingerprint density at radius 1 is 0.452 bits per heavy atom. The Morgan fingerprint density at radius 3 is 1.19 bits per heavy atom. The number of H-pyrrole nitrogens is 2. The van der Waals surface area contributed by atoms with E-state index in [-0.39, 0.29) is 44.5 Å². The third-order valence-corrected chi connectivity index (χ3v) is 15.2. The molecule has 24 heteroatoms. The van der Waals surface area contributed by atoms with Gasteiger partial charge in [0.05, 0.1) is 23.2 Å². The van der Waals surface area contributed by atoms with Crippen LogP contribution in [0.4, 0.5) is 17.6 Å². The topological polar surface area (TPSA) is 298 Å². The number of unbranched alkanes of at least 4 members (excludes halogenated alkanes) is 6. The van der Waals surface area contributed by atoms with E-state index in [0.29, 0.717) is 85.2 Å². The smallest absolute Gasteiger partial charge is 0.296 e. The van der Waals surface area contributed by atoms with Gasteiger partial charge in [0.2, 0.25) is 11.1 Å². The fourth-order valence-corrected chi connectivity index (χ4v) is 10.5. The Morgan fingerprint density at radius 2 is 0.821 bits per heavy atom. The molecule has 0 fully saturated rings. The van der Waals surface area contributed by atoms with Gasteiger partial charge in [0.1, 0.15) is 34.5 Å². The summed E-state index contributed by atoms with van der Waals surface area (Å²) in [4.78, 5) is 27.3. The lowest BCUT2D eigenvalue weighted by molar-refractivity contribution is -0.0833. The quantitative estimate of drug-likeness (QED) is 0.0124. The summed E-state index contributed by atoms with van der Waals surface area (Å²) in [6, 6.07) is 35.0. The Kier molecular flexibility index (Phi) is 24.5. The average molecular weight is 1210 g/mol. The fraction of sp³-hybridized carbons (Fsp3) is 0.333. The summed E-state index contributed by atoms with van der Waals surface area (Å²) in [5.41, 5.74) is 1.15. The Balaban J connectivity index is 0.000000211. The second-order valence-corrected chi connectivity index (χ2v) is 22.4. The number of aromatic amines is 2. The minimum absolute atomic E-state index is 0.0233. The molecule has 2 heterocycles. The van der Waals surface area contributed by atoms with Gasteiger partial charge in [0, 0.05) is 71.1 Å². The molecule has 0 amide bonds. The maximum Gasteiger partial charge on any atom is 0.296 e. The van der Waals surface area contributed by atoms with E-state index in [2.05, 4.69) is 20.6 Å². The maximum absolute atomic E-state index is 14.0. The van der Waals surface area contributed by atoms with Gasteiger partial charge < -0.3 is 50.5 Å². The molecule has 6 aromatic carbocycles. The van der Waals surface area contributed by atoms with Crippen molar-refractivity contribution in [2.75, 3.05) is 52.6 Å². The van der Waals surface area contributed by atoms with Gasteiger partial charge in [-0.05, 0) is 86.3 Å². The highest BCUT2D eigenvalue weighted by molar-refractivity contribution is 7.86. The molecule has 2 atom stereocenters. The molecule has 8 aromatic rings. The van der Waals surface area contributed by atoms with E-state index in [9.17, 15) is 64.4 Å². The summed E-state index contributed by atoms with van der Waals surface area (Å²) in [5, 5.41) is 48.5. The summed E-state index contributed by atoms with van der Waals surface area (Å²) in [7, 11) is -8.94. The van der Waals surface area contributed by atoms with Gasteiger partial charge in [0.25, 0.3) is 32.1 Å². The first kappa shape index (κ1) is 66.0. The van der Waals surface area contributed by atoms with E-state index < -0.39 is 67.3 Å². The van der Waals surface area contributed by atoms with Crippen LogP contribution in [0.15, 0.2) is 165 Å². The van der Waals surface area contributed by atoms with E-state index in [1.54, 1.807) is 60.7 Å². The summed E-state index contributed by atoms with van der Waals surface area (Å²) >= 11 is 0. The molecule has 0 aliphatic heterocycles. The molecule has 0 spiro atoms. The normalized spacial score (nSPS) is 12.8. The number of aliphatic hydroxyl groups excluding tert-OH is 2. The number of hydrogen-bond acceptors (Lipinski definition) is 14. The standard InChI is InChI=1S/2C25H30F2N2O4.C10H8O6S2/c2*26-25(27,18-8-4-3-5-9-18)17-33-15-7-2-1-6-14-28-16-22(31)19-10-12-21(30)24-20(19)11-13-23(32)29-24;11-17(12,13)9-5-1-3-7-8(9)4-2-6-10(7)18(14,15)16/h2*3-5,8-13,22,28,30-31H,1-2,6-7,14-17H2,(H,29,32);1-6H,(H,11,12,13)(H,14,15,16). The predicted molar refractivity (Wildman–Crippen MR) is 311 cm³/mol. The Hall–Kier alpha value is -7.10. The number of aromatic hydroxyl groups is 2. The van der Waals surface area contributed by atoms with Gasteiger partial charge in [-0.1, -0.05) is 123 Å². The van der Waals surface area contributed by atoms with Crippen LogP contribution in [0.3, 0.4) is 0 Å². The van der Waals surface area contributed by atoms with Crippen LogP contribution in [0.25, 0.3) is 32.6 Å². The first-order valence-electron chi connectivity index (χ1n) is 26.9. The highest BCUT2D eigenvalue weighted by Gasteiger charge is 2.32. The molecule has 0 saturated carbocycles. The first-order valence-corrected chi connectivity index (χ1v) is 29.8. The number of phenolic OH excluding ortho intramolecular Hbond substituents is 2. The molecule has 18 nitrogen and oxygen atoms in total. The monoisotopic (exact) mass is 1210 g/mol. The molecule has 0 bridgehead atoms. The molecule has 452 valence electrons. The van der Waals surface area contributed by atoms with Crippen LogP contribution in [-0.4, -0.2) is 109 Å². The lowest BCUT2D eigenvalue weighted by atomic mass is 10.0. The summed E-state index contributed by atoms with van der Waals surface area (Å²) in [6.45, 7) is 1.43. The molecule has 84 heavy (non-hydrogen) atoms. The highest BCUT2D eigenvalue weighted by atomic mass is 32.2. The third-order valence-electron chi connectivity index (χ3n) is 13.3. The van der Waals surface area contributed by atoms with Crippen LogP contribution < -0.4 is 21.8 Å². The van der Waals surface area contributed by atoms with Crippen molar-refractivity contribution in [2.45, 2.75) is 85.2 Å². The molecule has 0 saturated heterocycles. The second-order valence-electron chi connectivity index (χ2n) is 19.6. The number of fused-ring (bicyclic) bond motifs is 3. The zero-order chi connectivity index (χ0) is 60.9. The number of hydrogen-bond donors (Lipinski definition) is 10. The second kappa shape index (κ2) is 31.2. The van der Waals surface area contributed by atoms with Crippen molar-refractivity contribution in [1.82, 2.24) is 20.6 Å². The minimum atomic E-state index is -4.47. The molecule has 0 radical (unpaired) electrons. The minimum Gasteiger partial charge on any atom is -0.506 e. The molecular formula is C60H68F4N4O14S2. The van der Waals surface area contributed by atoms with Crippen LogP contribution in [0.5, 0.6) is 11.5 Å². The number of pyridine rings is 2. The molecule has 2 unspecified atom stereocenters. The SMILES string of the molecule is O=S(=O)(O)c1cccc2c(S(=O)(=O)O)cccc12.O=c1ccc2c(C(O)CNCCCCCCOCC(F)(F)c3ccccc3)ccc(O)c2[nH]1.O=c1ccc2c(C(O)CNCCCCCCOCC(F)(F)c3ccccc3)ccc(O)c2[nH]1. The number of halogens is 4. The molecule has 0 aliphatic rings. The average Bonchev–Trinajstić information content (AvgIpc) is 3.67. The zero-order valence-corrected chi connectivity index (χ0v) is 47.2. The van der Waals surface area contributed by atoms with E-state index in [0.717, 1.165) is 50.7 Å². The molecule has 10 N–H and O–H groups in total. The molecular weight excluding hydrogens is 1140 g/mol. The molecule has 0 aliphatic carbocycles. The summed E-state index contributed by atoms with van der Waals surface area (Å²) in [6.07, 6.45) is 5.20. The van der Waals surface area contributed by atoms with Crippen molar-refractivity contribution in [3.8, 4) is 11.5 Å². The van der Waals surface area contributed by atoms with Crippen LogP contribution in [0.1, 0.15) is 85.8 Å². The van der Waals surface area contributed by atoms with Gasteiger partial charge in [-0.3, -0.25) is 18.7 Å². The van der Waals surface area contributed by atoms with Crippen LogP contribution in [-0.2, 0) is 41.6 Å². The van der Waals surface area contributed by atoms with E-state index in [1.807, 2.05) is 0 Å². The van der Waals surface area contributed by atoms with Crippen molar-refractivity contribution in [3.05, 3.63) is 189 Å². The van der Waals surface area contributed by atoms with Gasteiger partial charge in [0.15, 0.2) is 0 Å². The number of aliphatic hydroxyl groups is 2. The maximum atomic E-state index is 14.0. The van der Waals surface area contributed by atoms with E-state index in [1.165, 1.54) is 72.8 Å². The van der Waals surface area contributed by atoms with Gasteiger partial charge in [-0.25, -0.2) is 0 Å². The van der Waals surface area contributed by atoms with Crippen LogP contribution in [0.2, 0.25) is 0 Å². The lowest BCUT2D eigenvalue weighted by Crippen LogP contribution is -2.23. The third kappa shape index (κ3) is 19.5. The predicted octanol–water partition coefficient (Wildman–Crippen LogP) is 9.78. The van der Waals surface area contributed by atoms with Crippen molar-refractivity contribution < 1.29 is 73.4 Å². The highest BCUT2D eigenvalue weighted by Crippen LogP contribution is 2.32. The number of ether oxygens (including phenoxy) is 2. The van der Waals surface area contributed by atoms with Crippen LogP contribution in [0, 0.1) is 0 Å². The lowest BCUT2D eigenvalue weighted by Gasteiger charge is -2.16. The number of rotatable bonds is 28. The van der Waals surface area contributed by atoms with Crippen molar-refractivity contribution in [1.29, 1.82) is 0 Å². The summed E-state index contributed by atoms with van der Waals surface area (Å²) in [5.74, 6) is -6.05. The van der Waals surface area contributed by atoms with Gasteiger partial charge >= 0.3 is 0 Å². The summed E-state index contributed by atoms with van der Waals surface area (Å²) < 4.78 is 129. The van der Waals surface area contributed by atoms with Gasteiger partial charge in [-0.15, -0.1) is 0 Å². The van der Waals surface area contributed by atoms with Crippen molar-refractivity contribution in [3.63, 3.8) is 0 Å². The number of aromatic nitrogens is 2. The molecule has 8 rings (SSSR count). The Labute approximate surface area is 482 Å². The molecule has 2 aromatic heterocycles. The fourth-order valence-electron chi connectivity index (χ4n) is 9.05. The van der Waals surface area contributed by atoms with Crippen LogP contribution >= 0.6 is 0 Å². The number of nitrogens with one attached hydrogen (secondary N) is 4. The van der Waals surface area contributed by atoms with E-state index in [4.69, 9.17) is 18.6 Å². The number of phenols is 2.